The van der Waals surface area contributed by atoms with Crippen LogP contribution in [0.1, 0.15) is 5.56 Å². The van der Waals surface area contributed by atoms with E-state index in [1.54, 1.807) is 7.05 Å². The van der Waals surface area contributed by atoms with Crippen LogP contribution in [0.4, 0.5) is 19.0 Å². The van der Waals surface area contributed by atoms with Crippen LogP contribution >= 0.6 is 0 Å². The second-order valence-corrected chi connectivity index (χ2v) is 3.46. The molecule has 0 saturated carbocycles. The van der Waals surface area contributed by atoms with Gasteiger partial charge in [0, 0.05) is 25.0 Å². The van der Waals surface area contributed by atoms with Gasteiger partial charge in [-0.05, 0) is 6.07 Å². The monoisotopic (exact) mass is 254 g/mol. The summed E-state index contributed by atoms with van der Waals surface area (Å²) >= 11 is 0. The van der Waals surface area contributed by atoms with Gasteiger partial charge in [-0.15, -0.1) is 0 Å². The highest BCUT2D eigenvalue weighted by Crippen LogP contribution is 2.35. The molecule has 2 rings (SSSR count). The summed E-state index contributed by atoms with van der Waals surface area (Å²) in [5, 5.41) is 2.72. The summed E-state index contributed by atoms with van der Waals surface area (Å²) in [7, 11) is 1.61. The summed E-state index contributed by atoms with van der Waals surface area (Å²) < 4.78 is 38.5. The average Bonchev–Trinajstić information content (AvgIpc) is 2.38. The van der Waals surface area contributed by atoms with Gasteiger partial charge in [0.1, 0.15) is 5.82 Å². The molecule has 0 aliphatic rings. The minimum absolute atomic E-state index is 0.0883. The van der Waals surface area contributed by atoms with Gasteiger partial charge in [-0.25, -0.2) is 4.98 Å². The first kappa shape index (κ1) is 12.3. The fraction of sp³-hybridized carbons (Fsp3) is 0.182. The fourth-order valence-electron chi connectivity index (χ4n) is 1.46. The van der Waals surface area contributed by atoms with Crippen molar-refractivity contribution in [3.8, 4) is 11.3 Å². The lowest BCUT2D eigenvalue weighted by atomic mass is 10.1. The van der Waals surface area contributed by atoms with Crippen LogP contribution < -0.4 is 5.32 Å². The lowest BCUT2D eigenvalue weighted by molar-refractivity contribution is -0.137. The van der Waals surface area contributed by atoms with Crippen LogP contribution in [-0.4, -0.2) is 22.0 Å². The Labute approximate surface area is 101 Å². The number of halogens is 3. The van der Waals surface area contributed by atoms with E-state index in [2.05, 4.69) is 20.3 Å². The van der Waals surface area contributed by atoms with Crippen LogP contribution in [0.2, 0.25) is 0 Å². The SMILES string of the molecule is CNc1cncc(-c2cnccc2C(F)(F)F)n1. The molecule has 0 unspecified atom stereocenters. The maximum absolute atomic E-state index is 12.8. The predicted molar refractivity (Wildman–Crippen MR) is 59.8 cm³/mol. The quantitative estimate of drug-likeness (QED) is 0.895. The number of hydrogen-bond acceptors (Lipinski definition) is 4. The molecule has 0 fully saturated rings. The van der Waals surface area contributed by atoms with Gasteiger partial charge in [-0.3, -0.25) is 9.97 Å². The molecule has 1 N–H and O–H groups in total. The van der Waals surface area contributed by atoms with Crippen LogP contribution in [0.5, 0.6) is 0 Å². The second-order valence-electron chi connectivity index (χ2n) is 3.46. The number of rotatable bonds is 2. The Kier molecular flexibility index (Phi) is 3.14. The lowest BCUT2D eigenvalue weighted by Gasteiger charge is -2.11. The summed E-state index contributed by atoms with van der Waals surface area (Å²) in [6, 6.07) is 0.920. The topological polar surface area (TPSA) is 50.7 Å². The van der Waals surface area contributed by atoms with Gasteiger partial charge in [0.25, 0.3) is 0 Å². The van der Waals surface area contributed by atoms with Gasteiger partial charge in [0.2, 0.25) is 0 Å². The van der Waals surface area contributed by atoms with Crippen LogP contribution in [-0.2, 0) is 6.18 Å². The molecule has 4 nitrogen and oxygen atoms in total. The van der Waals surface area contributed by atoms with E-state index in [4.69, 9.17) is 0 Å². The van der Waals surface area contributed by atoms with E-state index in [1.807, 2.05) is 0 Å². The third-order valence-corrected chi connectivity index (χ3v) is 2.29. The fourth-order valence-corrected chi connectivity index (χ4v) is 1.46. The molecule has 2 heterocycles. The van der Waals surface area contributed by atoms with E-state index in [0.717, 1.165) is 18.5 Å². The first-order chi connectivity index (χ1) is 8.52. The van der Waals surface area contributed by atoms with Crippen molar-refractivity contribution in [2.45, 2.75) is 6.18 Å². The molecule has 2 aromatic rings. The number of nitrogens with one attached hydrogen (secondary N) is 1. The number of anilines is 1. The zero-order valence-corrected chi connectivity index (χ0v) is 9.36. The van der Waals surface area contributed by atoms with Crippen molar-refractivity contribution in [2.75, 3.05) is 12.4 Å². The molecule has 18 heavy (non-hydrogen) atoms. The van der Waals surface area contributed by atoms with Crippen molar-refractivity contribution >= 4 is 5.82 Å². The van der Waals surface area contributed by atoms with Crippen molar-refractivity contribution in [3.05, 3.63) is 36.4 Å². The van der Waals surface area contributed by atoms with Crippen molar-refractivity contribution < 1.29 is 13.2 Å². The molecule has 0 saturated heterocycles. The van der Waals surface area contributed by atoms with Gasteiger partial charge in [0.15, 0.2) is 0 Å². The number of alkyl halides is 3. The average molecular weight is 254 g/mol. The Morgan fingerprint density at radius 2 is 1.89 bits per heavy atom. The Balaban J connectivity index is 2.57. The van der Waals surface area contributed by atoms with E-state index in [-0.39, 0.29) is 11.3 Å². The smallest absolute Gasteiger partial charge is 0.372 e. The standard InChI is InChI=1S/C11H9F3N4/c1-15-10-6-17-5-9(18-10)7-4-16-3-2-8(7)11(12,13)14/h2-6H,1H3,(H,15,18). The highest BCUT2D eigenvalue weighted by Gasteiger charge is 2.34. The molecule has 0 aliphatic carbocycles. The predicted octanol–water partition coefficient (Wildman–Crippen LogP) is 2.60. The van der Waals surface area contributed by atoms with Crippen LogP contribution in [0, 0.1) is 0 Å². The van der Waals surface area contributed by atoms with Gasteiger partial charge in [0.05, 0.1) is 23.7 Å². The van der Waals surface area contributed by atoms with Gasteiger partial charge in [-0.2, -0.15) is 13.2 Å². The highest BCUT2D eigenvalue weighted by molar-refractivity contribution is 5.63. The van der Waals surface area contributed by atoms with E-state index in [9.17, 15) is 13.2 Å². The van der Waals surface area contributed by atoms with Crippen LogP contribution in [0.15, 0.2) is 30.9 Å². The van der Waals surface area contributed by atoms with Crippen molar-refractivity contribution in [2.24, 2.45) is 0 Å². The molecule has 0 atom stereocenters. The molecule has 0 aromatic carbocycles. The van der Waals surface area contributed by atoms with E-state index < -0.39 is 11.7 Å². The first-order valence-electron chi connectivity index (χ1n) is 5.03. The summed E-state index contributed by atoms with van der Waals surface area (Å²) in [5.74, 6) is 0.393. The third-order valence-electron chi connectivity index (χ3n) is 2.29. The Hall–Kier alpha value is -2.18. The molecule has 0 bridgehead atoms. The maximum Gasteiger partial charge on any atom is 0.417 e. The van der Waals surface area contributed by atoms with Crippen LogP contribution in [0.3, 0.4) is 0 Å². The molecule has 94 valence electrons. The summed E-state index contributed by atoms with van der Waals surface area (Å²) in [5.41, 5.74) is -0.739. The largest absolute Gasteiger partial charge is 0.417 e. The Morgan fingerprint density at radius 3 is 2.56 bits per heavy atom. The zero-order chi connectivity index (χ0) is 13.2. The van der Waals surface area contributed by atoms with E-state index in [1.165, 1.54) is 12.4 Å². The molecule has 7 heteroatoms. The molecule has 0 aliphatic heterocycles. The number of aromatic nitrogens is 3. The molecular weight excluding hydrogens is 245 g/mol. The van der Waals surface area contributed by atoms with Crippen molar-refractivity contribution in [3.63, 3.8) is 0 Å². The zero-order valence-electron chi connectivity index (χ0n) is 9.36. The number of pyridine rings is 1. The minimum Gasteiger partial charge on any atom is -0.372 e. The summed E-state index contributed by atoms with van der Waals surface area (Å²) in [6.07, 6.45) is 0.476. The van der Waals surface area contributed by atoms with E-state index in [0.29, 0.717) is 5.82 Å². The Morgan fingerprint density at radius 1 is 1.11 bits per heavy atom. The normalized spacial score (nSPS) is 11.3. The van der Waals surface area contributed by atoms with Gasteiger partial charge in [-0.1, -0.05) is 0 Å². The maximum atomic E-state index is 12.8. The number of hydrogen-bond donors (Lipinski definition) is 1. The molecule has 0 amide bonds. The molecule has 0 radical (unpaired) electrons. The highest BCUT2D eigenvalue weighted by atomic mass is 19.4. The molecule has 2 aromatic heterocycles. The molecular formula is C11H9F3N4. The second kappa shape index (κ2) is 4.59. The number of nitrogens with zero attached hydrogens (tertiary/aromatic N) is 3. The summed E-state index contributed by atoms with van der Waals surface area (Å²) in [6.45, 7) is 0. The Bertz CT molecular complexity index is 554. The van der Waals surface area contributed by atoms with Crippen molar-refractivity contribution in [1.82, 2.24) is 15.0 Å². The van der Waals surface area contributed by atoms with Gasteiger partial charge < -0.3 is 5.32 Å². The minimum atomic E-state index is -4.45. The summed E-state index contributed by atoms with van der Waals surface area (Å²) in [4.78, 5) is 11.6. The van der Waals surface area contributed by atoms with E-state index >= 15 is 0 Å². The third kappa shape index (κ3) is 2.39. The first-order valence-corrected chi connectivity index (χ1v) is 5.03. The van der Waals surface area contributed by atoms with Crippen molar-refractivity contribution in [1.29, 1.82) is 0 Å². The van der Waals surface area contributed by atoms with Gasteiger partial charge >= 0.3 is 6.18 Å². The van der Waals surface area contributed by atoms with Crippen LogP contribution in [0.25, 0.3) is 11.3 Å². The molecule has 0 spiro atoms. The lowest BCUT2D eigenvalue weighted by Crippen LogP contribution is -2.08.